The summed E-state index contributed by atoms with van der Waals surface area (Å²) in [4.78, 5) is 0. The first kappa shape index (κ1) is 16.0. The summed E-state index contributed by atoms with van der Waals surface area (Å²) in [6, 6.07) is 0. The molecule has 0 aromatic carbocycles. The normalized spacial score (nSPS) is 15.4. The van der Waals surface area contributed by atoms with Crippen LogP contribution in [0.15, 0.2) is 0 Å². The van der Waals surface area contributed by atoms with Crippen molar-refractivity contribution in [2.24, 2.45) is 17.8 Å². The van der Waals surface area contributed by atoms with Gasteiger partial charge in [-0.25, -0.2) is 0 Å². The van der Waals surface area contributed by atoms with Gasteiger partial charge in [0.2, 0.25) is 0 Å². The molecule has 0 saturated carbocycles. The molecule has 0 radical (unpaired) electrons. The highest BCUT2D eigenvalue weighted by atomic mass is 14.2. The van der Waals surface area contributed by atoms with Gasteiger partial charge in [-0.15, -0.1) is 0 Å². The number of hydrogen-bond acceptors (Lipinski definition) is 0. The van der Waals surface area contributed by atoms with E-state index in [9.17, 15) is 0 Å². The van der Waals surface area contributed by atoms with Gasteiger partial charge in [0, 0.05) is 0 Å². The van der Waals surface area contributed by atoms with Crippen LogP contribution >= 0.6 is 0 Å². The highest BCUT2D eigenvalue weighted by molar-refractivity contribution is 4.68. The van der Waals surface area contributed by atoms with Gasteiger partial charge in [-0.05, 0) is 24.2 Å². The van der Waals surface area contributed by atoms with Gasteiger partial charge >= 0.3 is 0 Å². The zero-order chi connectivity index (χ0) is 12.4. The van der Waals surface area contributed by atoms with Crippen LogP contribution in [0.1, 0.15) is 86.0 Å². The molecule has 0 bridgehead atoms. The molecule has 0 aliphatic carbocycles. The van der Waals surface area contributed by atoms with Gasteiger partial charge < -0.3 is 0 Å². The summed E-state index contributed by atoms with van der Waals surface area (Å²) >= 11 is 0. The van der Waals surface area contributed by atoms with Gasteiger partial charge in [-0.1, -0.05) is 79.6 Å². The molecule has 0 amide bonds. The molecule has 0 saturated heterocycles. The lowest BCUT2D eigenvalue weighted by atomic mass is 9.81. The zero-order valence-electron chi connectivity index (χ0n) is 12.4. The van der Waals surface area contributed by atoms with Crippen molar-refractivity contribution in [2.75, 3.05) is 0 Å². The summed E-state index contributed by atoms with van der Waals surface area (Å²) in [5.41, 5.74) is 0. The molecule has 0 heterocycles. The van der Waals surface area contributed by atoms with E-state index < -0.39 is 0 Å². The Bertz CT molecular complexity index is 137. The number of rotatable bonds is 10. The van der Waals surface area contributed by atoms with Crippen molar-refractivity contribution in [1.29, 1.82) is 0 Å². The molecule has 0 aliphatic rings. The van der Waals surface area contributed by atoms with Gasteiger partial charge in [0.05, 0.1) is 0 Å². The Balaban J connectivity index is 3.98. The minimum atomic E-state index is 0.871. The van der Waals surface area contributed by atoms with Crippen molar-refractivity contribution in [1.82, 2.24) is 0 Å². The minimum Gasteiger partial charge on any atom is -0.0654 e. The monoisotopic (exact) mass is 226 g/mol. The summed E-state index contributed by atoms with van der Waals surface area (Å²) in [5, 5.41) is 0. The zero-order valence-corrected chi connectivity index (χ0v) is 12.4. The molecule has 2 atom stereocenters. The van der Waals surface area contributed by atoms with Crippen molar-refractivity contribution in [2.45, 2.75) is 86.0 Å². The Kier molecular flexibility index (Phi) is 10.2. The third-order valence-corrected chi connectivity index (χ3v) is 4.02. The van der Waals surface area contributed by atoms with E-state index in [2.05, 4.69) is 34.6 Å². The highest BCUT2D eigenvalue weighted by Crippen LogP contribution is 2.29. The molecule has 0 heteroatoms. The summed E-state index contributed by atoms with van der Waals surface area (Å²) in [6.45, 7) is 11.8. The maximum Gasteiger partial charge on any atom is -0.0391 e. The second-order valence-electron chi connectivity index (χ2n) is 5.80. The fourth-order valence-corrected chi connectivity index (χ4v) is 2.81. The molecule has 16 heavy (non-hydrogen) atoms. The summed E-state index contributed by atoms with van der Waals surface area (Å²) in [6.07, 6.45) is 11.4. The van der Waals surface area contributed by atoms with Crippen molar-refractivity contribution < 1.29 is 0 Å². The lowest BCUT2D eigenvalue weighted by Gasteiger charge is -2.25. The van der Waals surface area contributed by atoms with E-state index in [0.29, 0.717) is 0 Å². The number of hydrogen-bond donors (Lipinski definition) is 0. The van der Waals surface area contributed by atoms with E-state index in [4.69, 9.17) is 0 Å². The Labute approximate surface area is 104 Å². The molecule has 0 fully saturated rings. The van der Waals surface area contributed by atoms with E-state index in [-0.39, 0.29) is 0 Å². The van der Waals surface area contributed by atoms with Crippen LogP contribution in [0.4, 0.5) is 0 Å². The van der Waals surface area contributed by atoms with Gasteiger partial charge in [-0.3, -0.25) is 0 Å². The van der Waals surface area contributed by atoms with Crippen molar-refractivity contribution in [3.05, 3.63) is 0 Å². The molecule has 0 aliphatic heterocycles. The fraction of sp³-hybridized carbons (Fsp3) is 1.00. The Morgan fingerprint density at radius 3 is 1.94 bits per heavy atom. The predicted molar refractivity (Wildman–Crippen MR) is 75.8 cm³/mol. The third kappa shape index (κ3) is 7.30. The van der Waals surface area contributed by atoms with Crippen molar-refractivity contribution >= 4 is 0 Å². The number of unbranched alkanes of at least 4 members (excludes halogenated alkanes) is 2. The molecule has 0 aromatic rings. The first-order chi connectivity index (χ1) is 7.65. The lowest BCUT2D eigenvalue weighted by Crippen LogP contribution is -2.14. The standard InChI is InChI=1S/C16H34/c1-6-9-10-12-15(11-7-2)13-16(8-3)14(4)5/h14-16H,6-13H2,1-5H3. The highest BCUT2D eigenvalue weighted by Gasteiger charge is 2.17. The van der Waals surface area contributed by atoms with Gasteiger partial charge in [-0.2, -0.15) is 0 Å². The first-order valence-corrected chi connectivity index (χ1v) is 7.65. The maximum absolute atomic E-state index is 2.39. The van der Waals surface area contributed by atoms with Crippen LogP contribution < -0.4 is 0 Å². The van der Waals surface area contributed by atoms with Crippen LogP contribution in [0.25, 0.3) is 0 Å². The average Bonchev–Trinajstić information content (AvgIpc) is 2.25. The Morgan fingerprint density at radius 2 is 1.50 bits per heavy atom. The molecule has 0 rings (SSSR count). The van der Waals surface area contributed by atoms with Crippen LogP contribution in [0.5, 0.6) is 0 Å². The summed E-state index contributed by atoms with van der Waals surface area (Å²) in [7, 11) is 0. The van der Waals surface area contributed by atoms with Crippen LogP contribution in [0.3, 0.4) is 0 Å². The quantitative estimate of drug-likeness (QED) is 0.397. The smallest absolute Gasteiger partial charge is 0.0391 e. The molecular formula is C16H34. The van der Waals surface area contributed by atoms with Crippen molar-refractivity contribution in [3.8, 4) is 0 Å². The minimum absolute atomic E-state index is 0.871. The van der Waals surface area contributed by atoms with Gasteiger partial charge in [0.1, 0.15) is 0 Å². The van der Waals surface area contributed by atoms with Crippen LogP contribution in [-0.4, -0.2) is 0 Å². The predicted octanol–water partition coefficient (Wildman–Crippen LogP) is 6.06. The molecule has 0 aromatic heterocycles. The van der Waals surface area contributed by atoms with E-state index in [1.807, 2.05) is 0 Å². The molecule has 0 nitrogen and oxygen atoms in total. The molecule has 2 unspecified atom stereocenters. The first-order valence-electron chi connectivity index (χ1n) is 7.65. The average molecular weight is 226 g/mol. The van der Waals surface area contributed by atoms with E-state index in [1.165, 1.54) is 51.4 Å². The Morgan fingerprint density at radius 1 is 0.812 bits per heavy atom. The van der Waals surface area contributed by atoms with Crippen LogP contribution in [0.2, 0.25) is 0 Å². The van der Waals surface area contributed by atoms with E-state index in [1.54, 1.807) is 0 Å². The fourth-order valence-electron chi connectivity index (χ4n) is 2.81. The summed E-state index contributed by atoms with van der Waals surface area (Å²) in [5.74, 6) is 2.83. The molecular weight excluding hydrogens is 192 g/mol. The van der Waals surface area contributed by atoms with Gasteiger partial charge in [0.15, 0.2) is 0 Å². The van der Waals surface area contributed by atoms with Crippen LogP contribution in [0, 0.1) is 17.8 Å². The maximum atomic E-state index is 2.39. The van der Waals surface area contributed by atoms with Gasteiger partial charge in [0.25, 0.3) is 0 Å². The lowest BCUT2D eigenvalue weighted by molar-refractivity contribution is 0.264. The summed E-state index contributed by atoms with van der Waals surface area (Å²) < 4.78 is 0. The molecule has 0 N–H and O–H groups in total. The van der Waals surface area contributed by atoms with E-state index >= 15 is 0 Å². The third-order valence-electron chi connectivity index (χ3n) is 4.02. The van der Waals surface area contributed by atoms with E-state index in [0.717, 1.165) is 17.8 Å². The topological polar surface area (TPSA) is 0 Å². The SMILES string of the molecule is CCCCCC(CCC)CC(CC)C(C)C. The van der Waals surface area contributed by atoms with Crippen molar-refractivity contribution in [3.63, 3.8) is 0 Å². The Hall–Kier alpha value is 0. The molecule has 0 spiro atoms. The largest absolute Gasteiger partial charge is 0.0654 e. The second-order valence-corrected chi connectivity index (χ2v) is 5.80. The van der Waals surface area contributed by atoms with Crippen LogP contribution in [-0.2, 0) is 0 Å². The second kappa shape index (κ2) is 10.2. The molecule has 98 valence electrons.